The van der Waals surface area contributed by atoms with Gasteiger partial charge >= 0.3 is 0 Å². The molecule has 9 aromatic carbocycles. The highest BCUT2D eigenvalue weighted by Crippen LogP contribution is 2.47. The second-order valence-electron chi connectivity index (χ2n) is 10.9. The van der Waals surface area contributed by atoms with Crippen molar-refractivity contribution in [1.82, 2.24) is 0 Å². The van der Waals surface area contributed by atoms with E-state index < -0.39 is 90.2 Å². The van der Waals surface area contributed by atoms with Crippen LogP contribution in [0.4, 0.5) is 0 Å². The van der Waals surface area contributed by atoms with Crippen molar-refractivity contribution in [3.8, 4) is 22.3 Å². The fourth-order valence-electron chi connectivity index (χ4n) is 6.63. The molecule has 1 heteroatoms. The molecule has 0 aliphatic carbocycles. The molecule has 0 aliphatic heterocycles. The largest absolute Gasteiger partial charge is 0.456 e. The van der Waals surface area contributed by atoms with E-state index in [9.17, 15) is 9.60 Å². The van der Waals surface area contributed by atoms with E-state index in [1.54, 1.807) is 6.07 Å². The van der Waals surface area contributed by atoms with Crippen LogP contribution in [-0.4, -0.2) is 0 Å². The monoisotopic (exact) mass is 585 g/mol. The van der Waals surface area contributed by atoms with Crippen LogP contribution in [0, 0.1) is 0 Å². The number of furan rings is 1. The first-order valence-electron chi connectivity index (χ1n) is 21.8. The molecule has 0 radical (unpaired) electrons. The Morgan fingerprint density at radius 3 is 1.80 bits per heavy atom. The fraction of sp³-hybridized carbons (Fsp3) is 0. The molecule has 0 amide bonds. The highest BCUT2D eigenvalue weighted by molar-refractivity contribution is 6.26. The molecular weight excluding hydrogens is 544 g/mol. The Labute approximate surface area is 280 Å². The molecule has 0 saturated heterocycles. The maximum absolute atomic E-state index is 9.88. The average molecular weight is 586 g/mol. The Morgan fingerprint density at radius 2 is 1.04 bits per heavy atom. The lowest BCUT2D eigenvalue weighted by Gasteiger charge is -2.19. The van der Waals surface area contributed by atoms with Gasteiger partial charge in [0, 0.05) is 10.8 Å². The Kier molecular flexibility index (Phi) is 2.94. The third kappa shape index (κ3) is 3.50. The minimum atomic E-state index is -0.677. The zero-order chi connectivity index (χ0) is 42.5. The lowest BCUT2D eigenvalue weighted by Crippen LogP contribution is -1.92. The minimum Gasteiger partial charge on any atom is -0.456 e. The number of rotatable bonds is 2. The number of benzene rings is 9. The maximum Gasteiger partial charge on any atom is 0.136 e. The van der Waals surface area contributed by atoms with Crippen molar-refractivity contribution >= 4 is 75.8 Å². The summed E-state index contributed by atoms with van der Waals surface area (Å²) in [7, 11) is 0. The van der Waals surface area contributed by atoms with E-state index >= 15 is 0 Å². The van der Waals surface area contributed by atoms with Crippen LogP contribution in [0.15, 0.2) is 162 Å². The zero-order valence-corrected chi connectivity index (χ0v) is 23.3. The SMILES string of the molecule is [2H]c1c([2H])c([2H])c2c(ccc3oc4c([2H])c([2H])c(-c5c6c([2H])c([2H])c([2H])c([2H])c6c(-c6cc7ccccc7c7ccccc67)c6c([2H])c([2H])c([2H])c([2H])c56)c([2H])c4c32)c1[2H]. The van der Waals surface area contributed by atoms with Crippen molar-refractivity contribution in [2.24, 2.45) is 0 Å². The predicted octanol–water partition coefficient (Wildman–Crippen LogP) is 12.7. The van der Waals surface area contributed by atoms with E-state index in [2.05, 4.69) is 0 Å². The molecule has 0 bridgehead atoms. The van der Waals surface area contributed by atoms with Crippen LogP contribution in [0.5, 0.6) is 0 Å². The van der Waals surface area contributed by atoms with Gasteiger partial charge in [-0.25, -0.2) is 0 Å². The smallest absolute Gasteiger partial charge is 0.136 e. The van der Waals surface area contributed by atoms with Crippen LogP contribution >= 0.6 is 0 Å². The molecule has 0 fully saturated rings. The van der Waals surface area contributed by atoms with E-state index in [1.807, 2.05) is 48.5 Å². The summed E-state index contributed by atoms with van der Waals surface area (Å²) in [6.07, 6.45) is 0. The first kappa shape index (κ1) is 14.2. The van der Waals surface area contributed by atoms with Crippen LogP contribution in [0.3, 0.4) is 0 Å². The summed E-state index contributed by atoms with van der Waals surface area (Å²) in [6, 6.07) is 11.2. The zero-order valence-electron chi connectivity index (χ0n) is 38.3. The van der Waals surface area contributed by atoms with Gasteiger partial charge in [0.2, 0.25) is 0 Å². The van der Waals surface area contributed by atoms with Gasteiger partial charge in [0.15, 0.2) is 0 Å². The molecule has 0 aliphatic rings. The van der Waals surface area contributed by atoms with Gasteiger partial charge in [0.05, 0.1) is 20.6 Å². The number of hydrogen-bond donors (Lipinski definition) is 0. The maximum atomic E-state index is 9.88. The van der Waals surface area contributed by atoms with Gasteiger partial charge in [-0.2, -0.15) is 0 Å². The second kappa shape index (κ2) is 9.29. The lowest BCUT2D eigenvalue weighted by molar-refractivity contribution is 0.669. The Morgan fingerprint density at radius 1 is 0.422 bits per heavy atom. The number of hydrogen-bond acceptors (Lipinski definition) is 1. The van der Waals surface area contributed by atoms with Gasteiger partial charge in [-0.3, -0.25) is 0 Å². The van der Waals surface area contributed by atoms with Crippen molar-refractivity contribution in [2.75, 3.05) is 0 Å². The lowest BCUT2D eigenvalue weighted by atomic mass is 9.83. The van der Waals surface area contributed by atoms with Crippen molar-refractivity contribution in [2.45, 2.75) is 0 Å². The van der Waals surface area contributed by atoms with Gasteiger partial charge in [-0.1, -0.05) is 133 Å². The molecule has 0 unspecified atom stereocenters. The van der Waals surface area contributed by atoms with Crippen molar-refractivity contribution in [1.29, 1.82) is 0 Å². The summed E-state index contributed by atoms with van der Waals surface area (Å²) in [5, 5.41) is 2.31. The molecule has 1 nitrogen and oxygen atoms in total. The van der Waals surface area contributed by atoms with Crippen LogP contribution in [0.25, 0.3) is 98.1 Å². The standard InChI is InChI=1S/C44H26O/c1-4-14-31-27(11-1)21-24-41-44(31)39-26-29(22-23-40(39)45-41)42-34-17-7-9-19-36(34)43(37-20-10-8-18-35(37)42)38-25-28-12-2-3-13-30(28)32-15-5-6-16-33(32)38/h1-26H/i1D,4D,7D,8D,9D,10D,11D,14D,17D,18D,19D,20D,22D,23D,26D. The van der Waals surface area contributed by atoms with E-state index in [0.717, 1.165) is 16.2 Å². The summed E-state index contributed by atoms with van der Waals surface area (Å²) in [5.74, 6) is 0. The van der Waals surface area contributed by atoms with Crippen molar-refractivity contribution in [3.05, 3.63) is 157 Å². The summed E-state index contributed by atoms with van der Waals surface area (Å²) in [6.45, 7) is 0. The molecule has 1 heterocycles. The van der Waals surface area contributed by atoms with E-state index in [1.165, 1.54) is 12.1 Å². The van der Waals surface area contributed by atoms with Gasteiger partial charge in [-0.05, 0) is 100 Å². The predicted molar refractivity (Wildman–Crippen MR) is 192 cm³/mol. The molecule has 1 aromatic heterocycles. The van der Waals surface area contributed by atoms with E-state index in [0.29, 0.717) is 10.9 Å². The first-order valence-corrected chi connectivity index (χ1v) is 14.3. The molecular formula is C44H26O. The van der Waals surface area contributed by atoms with Crippen LogP contribution in [0.2, 0.25) is 0 Å². The topological polar surface area (TPSA) is 13.1 Å². The highest BCUT2D eigenvalue weighted by atomic mass is 16.3. The quantitative estimate of drug-likeness (QED) is 0.145. The summed E-state index contributed by atoms with van der Waals surface area (Å²) in [5.41, 5.74) is -0.386. The van der Waals surface area contributed by atoms with Crippen molar-refractivity contribution < 1.29 is 25.0 Å². The third-order valence-corrected chi connectivity index (χ3v) is 8.52. The molecule has 0 spiro atoms. The summed E-state index contributed by atoms with van der Waals surface area (Å²) < 4.78 is 142. The summed E-state index contributed by atoms with van der Waals surface area (Å²) >= 11 is 0. The van der Waals surface area contributed by atoms with Crippen molar-refractivity contribution in [3.63, 3.8) is 0 Å². The molecule has 208 valence electrons. The Bertz CT molecular complexity index is 3590. The molecule has 10 rings (SSSR count). The number of fused-ring (bicyclic) bond motifs is 10. The normalized spacial score (nSPS) is 16.7. The van der Waals surface area contributed by atoms with Crippen LogP contribution in [-0.2, 0) is 0 Å². The second-order valence-corrected chi connectivity index (χ2v) is 10.9. The Balaban J connectivity index is 1.52. The Hall–Kier alpha value is -5.92. The highest BCUT2D eigenvalue weighted by Gasteiger charge is 2.20. The molecule has 10 aromatic rings. The first-order chi connectivity index (χ1) is 28.6. The molecule has 0 atom stereocenters. The third-order valence-electron chi connectivity index (χ3n) is 8.52. The molecule has 0 saturated carbocycles. The van der Waals surface area contributed by atoms with Gasteiger partial charge in [0.25, 0.3) is 0 Å². The fourth-order valence-corrected chi connectivity index (χ4v) is 6.63. The van der Waals surface area contributed by atoms with Crippen LogP contribution in [0.1, 0.15) is 20.6 Å². The molecule has 45 heavy (non-hydrogen) atoms. The van der Waals surface area contributed by atoms with Crippen LogP contribution < -0.4 is 0 Å². The van der Waals surface area contributed by atoms with E-state index in [-0.39, 0.29) is 71.4 Å². The van der Waals surface area contributed by atoms with Gasteiger partial charge in [-0.15, -0.1) is 0 Å². The summed E-state index contributed by atoms with van der Waals surface area (Å²) in [4.78, 5) is 0. The van der Waals surface area contributed by atoms with E-state index in [4.69, 9.17) is 15.4 Å². The van der Waals surface area contributed by atoms with Gasteiger partial charge < -0.3 is 4.42 Å². The average Bonchev–Trinajstić information content (AvgIpc) is 3.66. The van der Waals surface area contributed by atoms with Gasteiger partial charge in [0.1, 0.15) is 11.2 Å². The minimum absolute atomic E-state index is 0.00842. The molecule has 0 N–H and O–H groups in total.